The molecule has 0 bridgehead atoms. The summed E-state index contributed by atoms with van der Waals surface area (Å²) in [6, 6.07) is 6.41. The third-order valence-corrected chi connectivity index (χ3v) is 6.07. The number of hydrogen-bond donors (Lipinski definition) is 2. The summed E-state index contributed by atoms with van der Waals surface area (Å²) in [7, 11) is -2.64. The quantitative estimate of drug-likeness (QED) is 0.611. The molecule has 3 N–H and O–H groups in total. The molecule has 0 aliphatic heterocycles. The number of esters is 1. The topological polar surface area (TPSA) is 112 Å². The van der Waals surface area contributed by atoms with Crippen LogP contribution in [0.4, 0.5) is 5.69 Å². The summed E-state index contributed by atoms with van der Waals surface area (Å²) < 4.78 is 38.6. The van der Waals surface area contributed by atoms with Gasteiger partial charge in [-0.3, -0.25) is 0 Å². The number of methoxy groups -OCH3 is 1. The van der Waals surface area contributed by atoms with Crippen LogP contribution < -0.4 is 10.5 Å². The molecule has 26 heavy (non-hydrogen) atoms. The van der Waals surface area contributed by atoms with Crippen LogP contribution in [0.15, 0.2) is 33.6 Å². The maximum atomic E-state index is 12.9. The third kappa shape index (κ3) is 3.47. The van der Waals surface area contributed by atoms with Crippen molar-refractivity contribution < 1.29 is 22.4 Å². The van der Waals surface area contributed by atoms with E-state index >= 15 is 0 Å². The predicted molar refractivity (Wildman–Crippen MR) is 96.3 cm³/mol. The Kier molecular flexibility index (Phi) is 5.06. The Hall–Kier alpha value is -2.32. The fraction of sp³-hybridized carbons (Fsp3) is 0.389. The second-order valence-electron chi connectivity index (χ2n) is 6.27. The Labute approximate surface area is 152 Å². The number of nitrogens with two attached hydrogens (primary N) is 1. The van der Waals surface area contributed by atoms with Gasteiger partial charge in [0.15, 0.2) is 0 Å². The van der Waals surface area contributed by atoms with Gasteiger partial charge in [-0.15, -0.1) is 0 Å². The van der Waals surface area contributed by atoms with E-state index in [-0.39, 0.29) is 22.5 Å². The summed E-state index contributed by atoms with van der Waals surface area (Å²) in [4.78, 5) is 11.6. The van der Waals surface area contributed by atoms with Crippen molar-refractivity contribution in [3.63, 3.8) is 0 Å². The second kappa shape index (κ2) is 7.13. The van der Waals surface area contributed by atoms with Gasteiger partial charge in [0.2, 0.25) is 15.8 Å². The number of carbonyl (C=O) groups excluding carboxylic acids is 1. The first-order chi connectivity index (χ1) is 12.4. The number of benzene rings is 1. The molecule has 0 radical (unpaired) electrons. The molecule has 0 amide bonds. The monoisotopic (exact) mass is 378 g/mol. The third-order valence-electron chi connectivity index (χ3n) is 4.55. The van der Waals surface area contributed by atoms with Gasteiger partial charge in [-0.2, -0.15) is 0 Å². The zero-order chi connectivity index (χ0) is 18.9. The van der Waals surface area contributed by atoms with E-state index in [4.69, 9.17) is 10.2 Å². The molecule has 2 aromatic rings. The van der Waals surface area contributed by atoms with Crippen LogP contribution in [-0.2, 0) is 27.6 Å². The summed E-state index contributed by atoms with van der Waals surface area (Å²) in [5.74, 6) is -0.604. The predicted octanol–water partition coefficient (Wildman–Crippen LogP) is 2.57. The number of sulfonamides is 1. The molecule has 0 saturated heterocycles. The van der Waals surface area contributed by atoms with Gasteiger partial charge in [-0.25, -0.2) is 17.9 Å². The van der Waals surface area contributed by atoms with Gasteiger partial charge < -0.3 is 14.9 Å². The van der Waals surface area contributed by atoms with E-state index in [1.165, 1.54) is 13.2 Å². The first-order valence-corrected chi connectivity index (χ1v) is 9.95. The zero-order valence-electron chi connectivity index (χ0n) is 14.7. The molecule has 1 aliphatic rings. The Morgan fingerprint density at radius 1 is 1.38 bits per heavy atom. The molecule has 0 spiro atoms. The highest BCUT2D eigenvalue weighted by Gasteiger charge is 2.30. The van der Waals surface area contributed by atoms with E-state index in [1.807, 2.05) is 12.1 Å². The number of ether oxygens (including phenoxy) is 1. The summed E-state index contributed by atoms with van der Waals surface area (Å²) in [6.07, 6.45) is 2.77. The number of nitrogens with one attached hydrogen (secondary N) is 1. The van der Waals surface area contributed by atoms with Crippen molar-refractivity contribution in [2.45, 2.75) is 43.5 Å². The fourth-order valence-corrected chi connectivity index (χ4v) is 4.79. The fourth-order valence-electron chi connectivity index (χ4n) is 3.29. The van der Waals surface area contributed by atoms with Crippen molar-refractivity contribution in [3.8, 4) is 0 Å². The first kappa shape index (κ1) is 18.5. The van der Waals surface area contributed by atoms with Crippen LogP contribution in [0.1, 0.15) is 53.2 Å². The molecule has 1 unspecified atom stereocenters. The van der Waals surface area contributed by atoms with Crippen LogP contribution in [0.2, 0.25) is 0 Å². The van der Waals surface area contributed by atoms with E-state index in [0.29, 0.717) is 18.5 Å². The van der Waals surface area contributed by atoms with Gasteiger partial charge in [-0.1, -0.05) is 13.0 Å². The minimum Gasteiger partial charge on any atom is -0.463 e. The van der Waals surface area contributed by atoms with Gasteiger partial charge in [0, 0.05) is 24.2 Å². The molecule has 0 fully saturated rings. The van der Waals surface area contributed by atoms with E-state index in [9.17, 15) is 13.2 Å². The molecule has 1 heterocycles. The van der Waals surface area contributed by atoms with E-state index < -0.39 is 16.0 Å². The van der Waals surface area contributed by atoms with Crippen molar-refractivity contribution in [3.05, 3.63) is 46.9 Å². The van der Waals surface area contributed by atoms with Crippen molar-refractivity contribution in [2.75, 3.05) is 12.8 Å². The number of rotatable bonds is 5. The Morgan fingerprint density at radius 2 is 2.15 bits per heavy atom. The molecule has 1 aromatic heterocycles. The highest BCUT2D eigenvalue weighted by atomic mass is 32.2. The van der Waals surface area contributed by atoms with Crippen LogP contribution in [-0.4, -0.2) is 21.5 Å². The van der Waals surface area contributed by atoms with Crippen molar-refractivity contribution in [1.29, 1.82) is 0 Å². The number of nitrogen functional groups attached to an aromatic ring is 1. The van der Waals surface area contributed by atoms with Gasteiger partial charge in [0.1, 0.15) is 10.7 Å². The molecule has 3 rings (SSSR count). The van der Waals surface area contributed by atoms with Gasteiger partial charge in [0.05, 0.1) is 7.11 Å². The highest BCUT2D eigenvalue weighted by molar-refractivity contribution is 7.89. The highest BCUT2D eigenvalue weighted by Crippen LogP contribution is 2.33. The molecule has 0 saturated carbocycles. The van der Waals surface area contributed by atoms with E-state index in [0.717, 1.165) is 24.0 Å². The van der Waals surface area contributed by atoms with Gasteiger partial charge >= 0.3 is 5.97 Å². The Morgan fingerprint density at radius 3 is 2.85 bits per heavy atom. The molecule has 7 nitrogen and oxygen atoms in total. The maximum absolute atomic E-state index is 12.9. The normalized spacial score (nSPS) is 16.9. The average molecular weight is 378 g/mol. The smallest absolute Gasteiger partial charge is 0.373 e. The molecule has 140 valence electrons. The number of hydrogen-bond acceptors (Lipinski definition) is 6. The summed E-state index contributed by atoms with van der Waals surface area (Å²) in [5.41, 5.74) is 8.49. The number of aryl methyl sites for hydroxylation is 2. The van der Waals surface area contributed by atoms with Crippen LogP contribution in [0.3, 0.4) is 0 Å². The van der Waals surface area contributed by atoms with E-state index in [2.05, 4.69) is 9.46 Å². The van der Waals surface area contributed by atoms with Crippen molar-refractivity contribution in [1.82, 2.24) is 4.72 Å². The lowest BCUT2D eigenvalue weighted by Gasteiger charge is -2.26. The van der Waals surface area contributed by atoms with Gasteiger partial charge in [0.25, 0.3) is 0 Å². The molecule has 8 heteroatoms. The zero-order valence-corrected chi connectivity index (χ0v) is 15.6. The van der Waals surface area contributed by atoms with Crippen molar-refractivity contribution in [2.24, 2.45) is 0 Å². The molecular weight excluding hydrogens is 356 g/mol. The summed E-state index contributed by atoms with van der Waals surface area (Å²) >= 11 is 0. The standard InChI is InChI=1S/C18H22N2O5S/c1-3-15-17(10-16(25-15)18(21)24-2)26(22,23)20-14-6-4-5-11-9-12(19)7-8-13(11)14/h7-10,14,20H,3-6,19H2,1-2H3. The van der Waals surface area contributed by atoms with E-state index in [1.54, 1.807) is 13.0 Å². The molecule has 1 aromatic carbocycles. The largest absolute Gasteiger partial charge is 0.463 e. The minimum absolute atomic E-state index is 0.0250. The second-order valence-corrected chi connectivity index (χ2v) is 7.95. The molecular formula is C18H22N2O5S. The Bertz CT molecular complexity index is 933. The SMILES string of the molecule is CCc1oc(C(=O)OC)cc1S(=O)(=O)NC1CCCc2cc(N)ccc21. The lowest BCUT2D eigenvalue weighted by Crippen LogP contribution is -2.31. The summed E-state index contributed by atoms with van der Waals surface area (Å²) in [6.45, 7) is 1.76. The Balaban J connectivity index is 1.94. The van der Waals surface area contributed by atoms with Crippen LogP contribution in [0, 0.1) is 0 Å². The molecule has 1 aliphatic carbocycles. The summed E-state index contributed by atoms with van der Waals surface area (Å²) in [5, 5.41) is 0. The first-order valence-electron chi connectivity index (χ1n) is 8.47. The minimum atomic E-state index is -3.86. The average Bonchev–Trinajstić information content (AvgIpc) is 3.06. The number of furan rings is 1. The lowest BCUT2D eigenvalue weighted by molar-refractivity contribution is 0.0563. The lowest BCUT2D eigenvalue weighted by atomic mass is 9.88. The van der Waals surface area contributed by atoms with Crippen LogP contribution >= 0.6 is 0 Å². The van der Waals surface area contributed by atoms with Crippen LogP contribution in [0.5, 0.6) is 0 Å². The van der Waals surface area contributed by atoms with Crippen molar-refractivity contribution >= 4 is 21.7 Å². The van der Waals surface area contributed by atoms with Gasteiger partial charge in [-0.05, 0) is 42.5 Å². The van der Waals surface area contributed by atoms with Crippen LogP contribution in [0.25, 0.3) is 0 Å². The number of fused-ring (bicyclic) bond motifs is 1. The molecule has 1 atom stereocenters. The number of anilines is 1. The number of carbonyl (C=O) groups is 1. The maximum Gasteiger partial charge on any atom is 0.373 e.